The molecule has 1 unspecified atom stereocenters. The number of alkyl halides is 1. The summed E-state index contributed by atoms with van der Waals surface area (Å²) in [4.78, 5) is 31.9. The highest BCUT2D eigenvalue weighted by molar-refractivity contribution is 5.95. The van der Waals surface area contributed by atoms with Crippen molar-refractivity contribution in [3.63, 3.8) is 0 Å². The van der Waals surface area contributed by atoms with E-state index in [1.165, 1.54) is 19.3 Å². The highest BCUT2D eigenvalue weighted by Gasteiger charge is 2.53. The van der Waals surface area contributed by atoms with Gasteiger partial charge in [-0.2, -0.15) is 0 Å². The molecule has 6 rings (SSSR count). The monoisotopic (exact) mass is 426 g/mol. The third kappa shape index (κ3) is 3.52. The van der Waals surface area contributed by atoms with Crippen molar-refractivity contribution >= 4 is 17.5 Å². The molecule has 7 heteroatoms. The van der Waals surface area contributed by atoms with Crippen LogP contribution in [0.3, 0.4) is 0 Å². The minimum absolute atomic E-state index is 0.139. The van der Waals surface area contributed by atoms with Gasteiger partial charge in [0.25, 0.3) is 11.8 Å². The number of pyridine rings is 1. The average molecular weight is 427 g/mol. The number of carbonyl (C=O) groups is 2. The largest absolute Gasteiger partial charge is 0.350 e. The molecule has 3 heterocycles. The standard InChI is InChI=1S/C24H31FN4O2/c1-24(2)16-7-6-15(18(24)12-16)13-26-22(30)20-4-3-5-21-27-19(14-29(20)21)23(31)28-10-8-17(25)9-11-28/h3-5,14-18H,6-13H2,1-2H3,(H,26,30)/t15?,16-,18-/m0/s1. The Hall–Kier alpha value is -2.44. The third-order valence-corrected chi connectivity index (χ3v) is 8.18. The summed E-state index contributed by atoms with van der Waals surface area (Å²) in [5, 5.41) is 3.14. The maximum Gasteiger partial charge on any atom is 0.274 e. The van der Waals surface area contributed by atoms with Crippen LogP contribution in [0, 0.1) is 23.2 Å². The normalized spacial score (nSPS) is 27.7. The summed E-state index contributed by atoms with van der Waals surface area (Å²) in [7, 11) is 0. The predicted molar refractivity (Wildman–Crippen MR) is 116 cm³/mol. The van der Waals surface area contributed by atoms with Crippen molar-refractivity contribution in [2.24, 2.45) is 23.2 Å². The van der Waals surface area contributed by atoms with E-state index in [1.807, 2.05) is 0 Å². The SMILES string of the molecule is CC1(C)[C@H]2CCC(CNC(=O)c3cccc4nc(C(=O)N5CCC(F)CC5)cn34)[C@@H]1C2. The number of hydrogen-bond donors (Lipinski definition) is 1. The van der Waals surface area contributed by atoms with Crippen LogP contribution in [0.1, 0.15) is 66.9 Å². The number of halogens is 1. The Morgan fingerprint density at radius 3 is 2.68 bits per heavy atom. The quantitative estimate of drug-likeness (QED) is 0.811. The van der Waals surface area contributed by atoms with Crippen LogP contribution in [0.15, 0.2) is 24.4 Å². The number of likely N-dealkylation sites (tertiary alicyclic amines) is 1. The molecule has 2 aromatic heterocycles. The molecule has 6 nitrogen and oxygen atoms in total. The topological polar surface area (TPSA) is 66.7 Å². The van der Waals surface area contributed by atoms with Crippen LogP contribution in [-0.4, -0.2) is 51.9 Å². The van der Waals surface area contributed by atoms with Gasteiger partial charge in [-0.25, -0.2) is 9.37 Å². The highest BCUT2D eigenvalue weighted by atomic mass is 19.1. The average Bonchev–Trinajstić information content (AvgIpc) is 3.22. The molecule has 31 heavy (non-hydrogen) atoms. The zero-order chi connectivity index (χ0) is 21.8. The van der Waals surface area contributed by atoms with E-state index < -0.39 is 6.17 Å². The second-order valence-electron chi connectivity index (χ2n) is 10.1. The molecule has 0 radical (unpaired) electrons. The predicted octanol–water partition coefficient (Wildman–Crippen LogP) is 3.71. The fourth-order valence-electron chi connectivity index (χ4n) is 6.03. The molecule has 0 spiro atoms. The molecule has 3 saturated carbocycles. The van der Waals surface area contributed by atoms with Crippen LogP contribution in [0.2, 0.25) is 0 Å². The zero-order valence-electron chi connectivity index (χ0n) is 18.3. The molecule has 4 fully saturated rings. The highest BCUT2D eigenvalue weighted by Crippen LogP contribution is 2.61. The molecule has 0 aromatic carbocycles. The van der Waals surface area contributed by atoms with Crippen LogP contribution in [0.25, 0.3) is 5.65 Å². The zero-order valence-corrected chi connectivity index (χ0v) is 18.3. The molecule has 3 aliphatic carbocycles. The number of nitrogens with zero attached hydrogens (tertiary/aromatic N) is 3. The molecule has 2 amide bonds. The van der Waals surface area contributed by atoms with Gasteiger partial charge in [0, 0.05) is 25.8 Å². The summed E-state index contributed by atoms with van der Waals surface area (Å²) in [6, 6.07) is 5.34. The number of piperidine rings is 1. The van der Waals surface area contributed by atoms with Crippen molar-refractivity contribution in [1.29, 1.82) is 0 Å². The lowest BCUT2D eigenvalue weighted by molar-refractivity contribution is -0.103. The molecular formula is C24H31FN4O2. The molecule has 3 atom stereocenters. The Kier molecular flexibility index (Phi) is 5.02. The maximum atomic E-state index is 13.4. The lowest BCUT2D eigenvalue weighted by atomic mass is 9.45. The maximum absolute atomic E-state index is 13.4. The Morgan fingerprint density at radius 1 is 1.19 bits per heavy atom. The van der Waals surface area contributed by atoms with E-state index >= 15 is 0 Å². The van der Waals surface area contributed by atoms with E-state index in [1.54, 1.807) is 33.7 Å². The molecule has 1 aliphatic heterocycles. The van der Waals surface area contributed by atoms with Crippen LogP contribution < -0.4 is 5.32 Å². The van der Waals surface area contributed by atoms with Crippen molar-refractivity contribution in [2.45, 2.75) is 52.1 Å². The van der Waals surface area contributed by atoms with Crippen molar-refractivity contribution in [3.8, 4) is 0 Å². The van der Waals surface area contributed by atoms with Gasteiger partial charge in [-0.05, 0) is 67.4 Å². The summed E-state index contributed by atoms with van der Waals surface area (Å²) < 4.78 is 15.1. The van der Waals surface area contributed by atoms with Crippen molar-refractivity contribution in [3.05, 3.63) is 35.8 Å². The first kappa shape index (κ1) is 20.5. The van der Waals surface area contributed by atoms with E-state index in [0.29, 0.717) is 66.8 Å². The summed E-state index contributed by atoms with van der Waals surface area (Å²) >= 11 is 0. The molecule has 2 bridgehead atoms. The molecule has 166 valence electrons. The van der Waals surface area contributed by atoms with Gasteiger partial charge in [0.2, 0.25) is 0 Å². The Morgan fingerprint density at radius 2 is 1.97 bits per heavy atom. The van der Waals surface area contributed by atoms with Crippen molar-refractivity contribution < 1.29 is 14.0 Å². The number of imidazole rings is 1. The fraction of sp³-hybridized carbons (Fsp3) is 0.625. The van der Waals surface area contributed by atoms with Crippen LogP contribution in [-0.2, 0) is 0 Å². The van der Waals surface area contributed by atoms with Gasteiger partial charge in [0.15, 0.2) is 0 Å². The van der Waals surface area contributed by atoms with E-state index in [-0.39, 0.29) is 11.8 Å². The van der Waals surface area contributed by atoms with Gasteiger partial charge < -0.3 is 10.2 Å². The van der Waals surface area contributed by atoms with Crippen molar-refractivity contribution in [1.82, 2.24) is 19.6 Å². The smallest absolute Gasteiger partial charge is 0.274 e. The van der Waals surface area contributed by atoms with Gasteiger partial charge in [0.1, 0.15) is 23.2 Å². The van der Waals surface area contributed by atoms with Crippen LogP contribution in [0.5, 0.6) is 0 Å². The number of nitrogens with one attached hydrogen (secondary N) is 1. The Bertz CT molecular complexity index is 1010. The van der Waals surface area contributed by atoms with Gasteiger partial charge in [0.05, 0.1) is 0 Å². The molecule has 2 aromatic rings. The number of fused-ring (bicyclic) bond motifs is 3. The Labute approximate surface area is 182 Å². The van der Waals surface area contributed by atoms with Gasteiger partial charge in [-0.15, -0.1) is 0 Å². The number of aromatic nitrogens is 2. The minimum atomic E-state index is -0.832. The second-order valence-corrected chi connectivity index (χ2v) is 10.1. The Balaban J connectivity index is 1.29. The molecule has 1 N–H and O–H groups in total. The van der Waals surface area contributed by atoms with E-state index in [0.717, 1.165) is 5.92 Å². The number of hydrogen-bond acceptors (Lipinski definition) is 3. The summed E-state index contributed by atoms with van der Waals surface area (Å²) in [6.45, 7) is 6.22. The van der Waals surface area contributed by atoms with E-state index in [4.69, 9.17) is 0 Å². The second kappa shape index (κ2) is 7.61. The fourth-order valence-corrected chi connectivity index (χ4v) is 6.03. The lowest BCUT2D eigenvalue weighted by Gasteiger charge is -2.60. The number of carbonyl (C=O) groups excluding carboxylic acids is 2. The van der Waals surface area contributed by atoms with Crippen LogP contribution >= 0.6 is 0 Å². The van der Waals surface area contributed by atoms with Crippen molar-refractivity contribution in [2.75, 3.05) is 19.6 Å². The van der Waals surface area contributed by atoms with Gasteiger partial charge in [-0.3, -0.25) is 14.0 Å². The molecular weight excluding hydrogens is 395 g/mol. The summed E-state index contributed by atoms with van der Waals surface area (Å²) in [6.07, 6.45) is 5.26. The number of rotatable bonds is 4. The van der Waals surface area contributed by atoms with E-state index in [2.05, 4.69) is 24.1 Å². The van der Waals surface area contributed by atoms with E-state index in [9.17, 15) is 14.0 Å². The van der Waals surface area contributed by atoms with Gasteiger partial charge in [-0.1, -0.05) is 19.9 Å². The molecule has 4 aliphatic rings. The summed E-state index contributed by atoms with van der Waals surface area (Å²) in [5.74, 6) is 1.72. The summed E-state index contributed by atoms with van der Waals surface area (Å²) in [5.41, 5.74) is 1.74. The first-order valence-corrected chi connectivity index (χ1v) is 11.5. The van der Waals surface area contributed by atoms with Crippen LogP contribution in [0.4, 0.5) is 4.39 Å². The number of amides is 2. The van der Waals surface area contributed by atoms with Gasteiger partial charge >= 0.3 is 0 Å². The lowest BCUT2D eigenvalue weighted by Crippen LogP contribution is -2.54. The third-order valence-electron chi connectivity index (χ3n) is 8.18. The first-order chi connectivity index (χ1) is 14.8. The minimum Gasteiger partial charge on any atom is -0.350 e. The molecule has 1 saturated heterocycles. The first-order valence-electron chi connectivity index (χ1n) is 11.5.